The van der Waals surface area contributed by atoms with E-state index < -0.39 is 5.97 Å². The Morgan fingerprint density at radius 2 is 2.40 bits per heavy atom. The van der Waals surface area contributed by atoms with Crippen LogP contribution in [0.5, 0.6) is 0 Å². The van der Waals surface area contributed by atoms with Gasteiger partial charge in [0.1, 0.15) is 5.00 Å². The van der Waals surface area contributed by atoms with Crippen LogP contribution in [-0.2, 0) is 0 Å². The second kappa shape index (κ2) is 5.70. The lowest BCUT2D eigenvalue weighted by atomic mass is 10.1. The van der Waals surface area contributed by atoms with Crippen LogP contribution in [0.3, 0.4) is 0 Å². The molecule has 4 nitrogen and oxygen atoms in total. The Kier molecular flexibility index (Phi) is 4.55. The molecule has 1 heterocycles. The molecule has 2 N–H and O–H groups in total. The molecule has 0 unspecified atom stereocenters. The van der Waals surface area contributed by atoms with Crippen molar-refractivity contribution < 1.29 is 9.90 Å². The standard InChI is InChI=1S/C10H16N2O2S/c1-7(2)4-3-5-11-9-8(10(13)14)12-6-15-9/h6-7,11H,3-5H2,1-2H3,(H,13,14). The molecule has 0 aromatic carbocycles. The molecule has 0 saturated heterocycles. The zero-order chi connectivity index (χ0) is 11.3. The van der Waals surface area contributed by atoms with Gasteiger partial charge in [0, 0.05) is 6.54 Å². The minimum atomic E-state index is -0.970. The SMILES string of the molecule is CC(C)CCCNc1scnc1C(=O)O. The maximum absolute atomic E-state index is 10.7. The van der Waals surface area contributed by atoms with E-state index in [0.717, 1.165) is 19.4 Å². The molecule has 0 fully saturated rings. The van der Waals surface area contributed by atoms with Crippen LogP contribution < -0.4 is 5.32 Å². The van der Waals surface area contributed by atoms with Gasteiger partial charge in [0.25, 0.3) is 0 Å². The van der Waals surface area contributed by atoms with Crippen LogP contribution >= 0.6 is 11.3 Å². The van der Waals surface area contributed by atoms with Gasteiger partial charge >= 0.3 is 5.97 Å². The molecule has 0 radical (unpaired) electrons. The van der Waals surface area contributed by atoms with Gasteiger partial charge in [0.15, 0.2) is 5.69 Å². The van der Waals surface area contributed by atoms with Gasteiger partial charge in [-0.3, -0.25) is 0 Å². The van der Waals surface area contributed by atoms with E-state index in [1.54, 1.807) is 5.51 Å². The van der Waals surface area contributed by atoms with E-state index in [9.17, 15) is 4.79 Å². The van der Waals surface area contributed by atoms with Crippen molar-refractivity contribution in [2.24, 2.45) is 5.92 Å². The third kappa shape index (κ3) is 3.87. The molecule has 84 valence electrons. The van der Waals surface area contributed by atoms with E-state index >= 15 is 0 Å². The summed E-state index contributed by atoms with van der Waals surface area (Å²) >= 11 is 1.33. The first-order chi connectivity index (χ1) is 7.11. The predicted octanol–water partition coefficient (Wildman–Crippen LogP) is 2.69. The van der Waals surface area contributed by atoms with Gasteiger partial charge in [-0.15, -0.1) is 11.3 Å². The Morgan fingerprint density at radius 1 is 1.67 bits per heavy atom. The fourth-order valence-electron chi connectivity index (χ4n) is 1.24. The van der Waals surface area contributed by atoms with Gasteiger partial charge in [-0.2, -0.15) is 0 Å². The van der Waals surface area contributed by atoms with Crippen LogP contribution in [-0.4, -0.2) is 22.6 Å². The zero-order valence-corrected chi connectivity index (χ0v) is 9.80. The highest BCUT2D eigenvalue weighted by Gasteiger charge is 2.12. The smallest absolute Gasteiger partial charge is 0.357 e. The minimum absolute atomic E-state index is 0.129. The molecule has 0 atom stereocenters. The van der Waals surface area contributed by atoms with Crippen molar-refractivity contribution in [1.29, 1.82) is 0 Å². The van der Waals surface area contributed by atoms with Gasteiger partial charge in [-0.1, -0.05) is 13.8 Å². The van der Waals surface area contributed by atoms with Crippen molar-refractivity contribution in [3.8, 4) is 0 Å². The highest BCUT2D eigenvalue weighted by Crippen LogP contribution is 2.20. The van der Waals surface area contributed by atoms with Crippen LogP contribution in [0.1, 0.15) is 37.2 Å². The molecule has 15 heavy (non-hydrogen) atoms. The first kappa shape index (κ1) is 12.0. The van der Waals surface area contributed by atoms with E-state index in [2.05, 4.69) is 24.1 Å². The number of carboxylic acids is 1. The van der Waals surface area contributed by atoms with Gasteiger partial charge < -0.3 is 10.4 Å². The number of carboxylic acid groups (broad SMARTS) is 1. The molecule has 0 bridgehead atoms. The summed E-state index contributed by atoms with van der Waals surface area (Å²) in [5.74, 6) is -0.283. The number of carbonyl (C=O) groups is 1. The van der Waals surface area contributed by atoms with Crippen molar-refractivity contribution in [1.82, 2.24) is 4.98 Å². The number of aromatic nitrogens is 1. The molecule has 1 aromatic heterocycles. The van der Waals surface area contributed by atoms with Crippen LogP contribution in [0.4, 0.5) is 5.00 Å². The number of aromatic carboxylic acids is 1. The zero-order valence-electron chi connectivity index (χ0n) is 8.99. The van der Waals surface area contributed by atoms with E-state index in [-0.39, 0.29) is 5.69 Å². The summed E-state index contributed by atoms with van der Waals surface area (Å²) in [5.41, 5.74) is 1.68. The Morgan fingerprint density at radius 3 is 3.00 bits per heavy atom. The number of hydrogen-bond acceptors (Lipinski definition) is 4. The Hall–Kier alpha value is -1.10. The summed E-state index contributed by atoms with van der Waals surface area (Å²) in [7, 11) is 0. The van der Waals surface area contributed by atoms with Crippen molar-refractivity contribution in [3.63, 3.8) is 0 Å². The average Bonchev–Trinajstić information content (AvgIpc) is 2.60. The average molecular weight is 228 g/mol. The third-order valence-corrected chi connectivity index (χ3v) is 2.80. The first-order valence-corrected chi connectivity index (χ1v) is 5.90. The Balaban J connectivity index is 2.37. The molecule has 5 heteroatoms. The lowest BCUT2D eigenvalue weighted by Crippen LogP contribution is -2.06. The summed E-state index contributed by atoms with van der Waals surface area (Å²) in [6, 6.07) is 0. The maximum atomic E-state index is 10.7. The van der Waals surface area contributed by atoms with Crippen LogP contribution in [0.25, 0.3) is 0 Å². The molecule has 0 aliphatic carbocycles. The molecular weight excluding hydrogens is 212 g/mol. The van der Waals surface area contributed by atoms with Crippen LogP contribution in [0, 0.1) is 5.92 Å². The Labute approximate surface area is 93.4 Å². The second-order valence-electron chi connectivity index (χ2n) is 3.80. The van der Waals surface area contributed by atoms with Crippen molar-refractivity contribution in [2.45, 2.75) is 26.7 Å². The maximum Gasteiger partial charge on any atom is 0.357 e. The van der Waals surface area contributed by atoms with E-state index in [4.69, 9.17) is 5.11 Å². The third-order valence-electron chi connectivity index (χ3n) is 2.01. The van der Waals surface area contributed by atoms with Crippen molar-refractivity contribution in [2.75, 3.05) is 11.9 Å². The summed E-state index contributed by atoms with van der Waals surface area (Å²) in [6.45, 7) is 5.16. The van der Waals surface area contributed by atoms with Crippen LogP contribution in [0.2, 0.25) is 0 Å². The minimum Gasteiger partial charge on any atom is -0.476 e. The van der Waals surface area contributed by atoms with E-state index in [1.807, 2.05) is 0 Å². The summed E-state index contributed by atoms with van der Waals surface area (Å²) < 4.78 is 0. The van der Waals surface area contributed by atoms with Gasteiger partial charge in [-0.05, 0) is 18.8 Å². The van der Waals surface area contributed by atoms with Gasteiger partial charge in [-0.25, -0.2) is 9.78 Å². The molecule has 0 aliphatic heterocycles. The molecule has 0 spiro atoms. The molecule has 1 rings (SSSR count). The summed E-state index contributed by atoms with van der Waals surface area (Å²) in [5, 5.41) is 12.6. The van der Waals surface area contributed by atoms with Gasteiger partial charge in [0.05, 0.1) is 5.51 Å². The number of nitrogens with one attached hydrogen (secondary N) is 1. The lowest BCUT2D eigenvalue weighted by Gasteiger charge is -2.06. The van der Waals surface area contributed by atoms with Crippen molar-refractivity contribution >= 4 is 22.3 Å². The van der Waals surface area contributed by atoms with Gasteiger partial charge in [0.2, 0.25) is 0 Å². The molecule has 0 amide bonds. The van der Waals surface area contributed by atoms with E-state index in [0.29, 0.717) is 10.9 Å². The highest BCUT2D eigenvalue weighted by molar-refractivity contribution is 7.14. The monoisotopic (exact) mass is 228 g/mol. The Bertz CT molecular complexity index is 323. The quantitative estimate of drug-likeness (QED) is 0.735. The first-order valence-electron chi connectivity index (χ1n) is 5.02. The molecule has 0 aliphatic rings. The molecule has 0 saturated carbocycles. The largest absolute Gasteiger partial charge is 0.476 e. The highest BCUT2D eigenvalue weighted by atomic mass is 32.1. The predicted molar refractivity (Wildman–Crippen MR) is 61.6 cm³/mol. The molecule has 1 aromatic rings. The number of hydrogen-bond donors (Lipinski definition) is 2. The van der Waals surface area contributed by atoms with Crippen molar-refractivity contribution in [3.05, 3.63) is 11.2 Å². The number of anilines is 1. The molecular formula is C10H16N2O2S. The van der Waals surface area contributed by atoms with E-state index in [1.165, 1.54) is 11.3 Å². The second-order valence-corrected chi connectivity index (χ2v) is 4.65. The lowest BCUT2D eigenvalue weighted by molar-refractivity contribution is 0.0692. The summed E-state index contributed by atoms with van der Waals surface area (Å²) in [4.78, 5) is 14.5. The number of rotatable bonds is 6. The normalized spacial score (nSPS) is 10.6. The number of thiazole rings is 1. The fourth-order valence-corrected chi connectivity index (χ4v) is 1.94. The number of nitrogens with zero attached hydrogens (tertiary/aromatic N) is 1. The topological polar surface area (TPSA) is 62.2 Å². The van der Waals surface area contributed by atoms with Crippen LogP contribution in [0.15, 0.2) is 5.51 Å². The summed E-state index contributed by atoms with van der Waals surface area (Å²) in [6.07, 6.45) is 2.20. The fraction of sp³-hybridized carbons (Fsp3) is 0.600.